The second kappa shape index (κ2) is 9.15. The Labute approximate surface area is 175 Å². The van der Waals surface area contributed by atoms with Crippen LogP contribution in [-0.2, 0) is 22.3 Å². The number of piperidine rings is 1. The van der Waals surface area contributed by atoms with Gasteiger partial charge in [-0.25, -0.2) is 0 Å². The van der Waals surface area contributed by atoms with E-state index in [1.807, 2.05) is 0 Å². The van der Waals surface area contributed by atoms with Crippen molar-refractivity contribution in [2.24, 2.45) is 5.92 Å². The van der Waals surface area contributed by atoms with Crippen LogP contribution in [0.5, 0.6) is 0 Å². The van der Waals surface area contributed by atoms with Gasteiger partial charge in [0.25, 0.3) is 11.6 Å². The molecule has 0 atom stereocenters. The Morgan fingerprint density at radius 1 is 1.03 bits per heavy atom. The fourth-order valence-corrected chi connectivity index (χ4v) is 3.29. The third-order valence-corrected chi connectivity index (χ3v) is 5.10. The molecule has 0 N–H and O–H groups in total. The number of likely N-dealkylation sites (tertiary alicyclic amines) is 1. The van der Waals surface area contributed by atoms with Gasteiger partial charge in [-0.3, -0.25) is 19.7 Å². The Hall–Kier alpha value is -3.43. The molecule has 0 unspecified atom stereocenters. The van der Waals surface area contributed by atoms with Gasteiger partial charge in [-0.15, -0.1) is 0 Å². The molecule has 1 amide bonds. The van der Waals surface area contributed by atoms with E-state index >= 15 is 0 Å². The van der Waals surface area contributed by atoms with E-state index < -0.39 is 28.6 Å². The molecule has 1 fully saturated rings. The third kappa shape index (κ3) is 5.59. The summed E-state index contributed by atoms with van der Waals surface area (Å²) in [5.74, 6) is -1.19. The van der Waals surface area contributed by atoms with Gasteiger partial charge in [-0.2, -0.15) is 13.2 Å². The van der Waals surface area contributed by atoms with Gasteiger partial charge in [0, 0.05) is 30.8 Å². The Balaban J connectivity index is 1.48. The average molecular weight is 436 g/mol. The first-order valence-electron chi connectivity index (χ1n) is 9.51. The lowest BCUT2D eigenvalue weighted by Crippen LogP contribution is -2.40. The van der Waals surface area contributed by atoms with Crippen molar-refractivity contribution in [3.63, 3.8) is 0 Å². The van der Waals surface area contributed by atoms with E-state index in [0.717, 1.165) is 24.3 Å². The number of benzene rings is 2. The first-order valence-corrected chi connectivity index (χ1v) is 9.51. The van der Waals surface area contributed by atoms with Gasteiger partial charge in [0.05, 0.1) is 16.4 Å². The molecule has 2 aromatic carbocycles. The van der Waals surface area contributed by atoms with Crippen LogP contribution >= 0.6 is 0 Å². The molecule has 3 rings (SSSR count). The Kier molecular flexibility index (Phi) is 6.57. The predicted molar refractivity (Wildman–Crippen MR) is 103 cm³/mol. The lowest BCUT2D eigenvalue weighted by Gasteiger charge is -2.31. The Morgan fingerprint density at radius 2 is 1.61 bits per heavy atom. The van der Waals surface area contributed by atoms with E-state index in [9.17, 15) is 32.9 Å². The number of nitrogens with zero attached hydrogens (tertiary/aromatic N) is 2. The van der Waals surface area contributed by atoms with Crippen molar-refractivity contribution in [2.45, 2.75) is 25.6 Å². The van der Waals surface area contributed by atoms with Gasteiger partial charge in [-0.05, 0) is 54.8 Å². The maximum atomic E-state index is 12.6. The van der Waals surface area contributed by atoms with Gasteiger partial charge in [-0.1, -0.05) is 0 Å². The number of esters is 1. The van der Waals surface area contributed by atoms with Crippen molar-refractivity contribution in [1.29, 1.82) is 0 Å². The fraction of sp³-hybridized carbons (Fsp3) is 0.333. The van der Waals surface area contributed by atoms with Crippen molar-refractivity contribution in [3.05, 3.63) is 75.3 Å². The summed E-state index contributed by atoms with van der Waals surface area (Å²) >= 11 is 0. The van der Waals surface area contributed by atoms with E-state index in [0.29, 0.717) is 18.4 Å². The number of hydrogen-bond acceptors (Lipinski definition) is 5. The fourth-order valence-electron chi connectivity index (χ4n) is 3.29. The molecule has 1 heterocycles. The normalized spacial score (nSPS) is 14.9. The van der Waals surface area contributed by atoms with E-state index in [4.69, 9.17) is 4.74 Å². The number of nitro benzene ring substituents is 1. The summed E-state index contributed by atoms with van der Waals surface area (Å²) in [6, 6.07) is 9.72. The van der Waals surface area contributed by atoms with E-state index in [1.54, 1.807) is 0 Å². The van der Waals surface area contributed by atoms with Crippen LogP contribution in [0.4, 0.5) is 18.9 Å². The van der Waals surface area contributed by atoms with Gasteiger partial charge in [0.15, 0.2) is 0 Å². The highest BCUT2D eigenvalue weighted by molar-refractivity contribution is 5.94. The molecule has 1 aliphatic heterocycles. The molecular weight excluding hydrogens is 417 g/mol. The number of rotatable bonds is 5. The number of ether oxygens (including phenoxy) is 1. The molecule has 10 heteroatoms. The largest absolute Gasteiger partial charge is 0.461 e. The van der Waals surface area contributed by atoms with E-state index in [2.05, 4.69) is 0 Å². The van der Waals surface area contributed by atoms with Crippen molar-refractivity contribution in [1.82, 2.24) is 4.90 Å². The molecule has 1 aliphatic rings. The Bertz CT molecular complexity index is 950. The molecule has 0 bridgehead atoms. The minimum atomic E-state index is -4.46. The van der Waals surface area contributed by atoms with E-state index in [1.165, 1.54) is 29.2 Å². The number of hydrogen-bond donors (Lipinski definition) is 0. The molecule has 0 saturated carbocycles. The SMILES string of the molecule is O=C(OCc1ccc([N+](=O)[O-])cc1)C1CCN(C(=O)c2ccc(C(F)(F)F)cc2)CC1. The number of nitro groups is 1. The van der Waals surface area contributed by atoms with Crippen LogP contribution < -0.4 is 0 Å². The average Bonchev–Trinajstić information content (AvgIpc) is 2.77. The van der Waals surface area contributed by atoms with Crippen LogP contribution in [0.25, 0.3) is 0 Å². The monoisotopic (exact) mass is 436 g/mol. The number of non-ortho nitro benzene ring substituents is 1. The first-order chi connectivity index (χ1) is 14.6. The van der Waals surface area contributed by atoms with Crippen LogP contribution in [-0.4, -0.2) is 34.8 Å². The van der Waals surface area contributed by atoms with Gasteiger partial charge < -0.3 is 9.64 Å². The predicted octanol–water partition coefficient (Wildman–Crippen LogP) is 4.21. The molecule has 7 nitrogen and oxygen atoms in total. The standard InChI is InChI=1S/C21H19F3N2O5/c22-21(23,24)17-5-3-15(4-6-17)19(27)25-11-9-16(10-12-25)20(28)31-13-14-1-7-18(8-2-14)26(29)30/h1-8,16H,9-13H2. The molecule has 1 saturated heterocycles. The molecule has 0 aromatic heterocycles. The molecule has 31 heavy (non-hydrogen) atoms. The van der Waals surface area contributed by atoms with Crippen LogP contribution in [0, 0.1) is 16.0 Å². The summed E-state index contributed by atoms with van der Waals surface area (Å²) in [6.45, 7) is 0.565. The van der Waals surface area contributed by atoms with Crippen molar-refractivity contribution in [2.75, 3.05) is 13.1 Å². The molecule has 2 aromatic rings. The number of carbonyl (C=O) groups is 2. The van der Waals surface area contributed by atoms with Crippen molar-refractivity contribution < 1.29 is 32.4 Å². The van der Waals surface area contributed by atoms with Crippen LogP contribution in [0.2, 0.25) is 0 Å². The molecule has 0 spiro atoms. The smallest absolute Gasteiger partial charge is 0.416 e. The first kappa shape index (κ1) is 22.3. The number of amides is 1. The van der Waals surface area contributed by atoms with Gasteiger partial charge >= 0.3 is 12.1 Å². The summed E-state index contributed by atoms with van der Waals surface area (Å²) in [4.78, 5) is 36.4. The minimum Gasteiger partial charge on any atom is -0.461 e. The summed E-state index contributed by atoms with van der Waals surface area (Å²) in [7, 11) is 0. The quantitative estimate of drug-likeness (QED) is 0.398. The zero-order valence-corrected chi connectivity index (χ0v) is 16.3. The number of carbonyl (C=O) groups excluding carboxylic acids is 2. The molecule has 0 aliphatic carbocycles. The zero-order valence-electron chi connectivity index (χ0n) is 16.3. The topological polar surface area (TPSA) is 89.8 Å². The molecule has 0 radical (unpaired) electrons. The lowest BCUT2D eigenvalue weighted by atomic mass is 9.96. The molecular formula is C21H19F3N2O5. The highest BCUT2D eigenvalue weighted by atomic mass is 19.4. The summed E-state index contributed by atoms with van der Waals surface area (Å²) in [5, 5.41) is 10.7. The maximum Gasteiger partial charge on any atom is 0.416 e. The maximum absolute atomic E-state index is 12.6. The van der Waals surface area contributed by atoms with Crippen LogP contribution in [0.1, 0.15) is 34.3 Å². The van der Waals surface area contributed by atoms with Gasteiger partial charge in [0.1, 0.15) is 6.61 Å². The number of halogens is 3. The van der Waals surface area contributed by atoms with Crippen molar-refractivity contribution in [3.8, 4) is 0 Å². The Morgan fingerprint density at radius 3 is 2.13 bits per heavy atom. The zero-order chi connectivity index (χ0) is 22.6. The third-order valence-electron chi connectivity index (χ3n) is 5.10. The minimum absolute atomic E-state index is 0.0124. The highest BCUT2D eigenvalue weighted by Gasteiger charge is 2.31. The van der Waals surface area contributed by atoms with Crippen LogP contribution in [0.3, 0.4) is 0 Å². The summed E-state index contributed by atoms with van der Waals surface area (Å²) in [5.41, 5.74) is -0.0975. The van der Waals surface area contributed by atoms with Crippen molar-refractivity contribution >= 4 is 17.6 Å². The summed E-state index contributed by atoms with van der Waals surface area (Å²) < 4.78 is 43.2. The lowest BCUT2D eigenvalue weighted by molar-refractivity contribution is -0.384. The summed E-state index contributed by atoms with van der Waals surface area (Å²) in [6.07, 6.45) is -3.70. The van der Waals surface area contributed by atoms with Crippen LogP contribution in [0.15, 0.2) is 48.5 Å². The second-order valence-electron chi connectivity index (χ2n) is 7.17. The van der Waals surface area contributed by atoms with Gasteiger partial charge in [0.2, 0.25) is 0 Å². The van der Waals surface area contributed by atoms with E-state index in [-0.39, 0.29) is 36.9 Å². The molecule has 164 valence electrons. The highest BCUT2D eigenvalue weighted by Crippen LogP contribution is 2.29. The number of alkyl halides is 3. The second-order valence-corrected chi connectivity index (χ2v) is 7.17.